The van der Waals surface area contributed by atoms with Gasteiger partial charge in [-0.2, -0.15) is 0 Å². The van der Waals surface area contributed by atoms with E-state index >= 15 is 0 Å². The molecule has 2 N–H and O–H groups in total. The van der Waals surface area contributed by atoms with E-state index in [0.29, 0.717) is 4.83 Å². The van der Waals surface area contributed by atoms with Gasteiger partial charge in [-0.25, -0.2) is 0 Å². The van der Waals surface area contributed by atoms with Crippen molar-refractivity contribution in [2.75, 3.05) is 0 Å². The zero-order chi connectivity index (χ0) is 21.1. The van der Waals surface area contributed by atoms with Crippen LogP contribution in [0.3, 0.4) is 0 Å². The summed E-state index contributed by atoms with van der Waals surface area (Å²) in [7, 11) is 0. The number of carboxylic acid groups (broad SMARTS) is 1. The van der Waals surface area contributed by atoms with E-state index < -0.39 is 5.97 Å². The maximum absolute atomic E-state index is 11.4. The zero-order valence-corrected chi connectivity index (χ0v) is 19.2. The Morgan fingerprint density at radius 1 is 1.00 bits per heavy atom. The van der Waals surface area contributed by atoms with Gasteiger partial charge in [-0.05, 0) is 31.4 Å². The quantitative estimate of drug-likeness (QED) is 0.212. The van der Waals surface area contributed by atoms with Crippen LogP contribution in [-0.2, 0) is 4.79 Å². The number of hydrogen-bond acceptors (Lipinski definition) is 2. The molecule has 2 rings (SSSR count). The number of rotatable bonds is 15. The maximum Gasteiger partial charge on any atom is 0.305 e. The Morgan fingerprint density at radius 2 is 1.66 bits per heavy atom. The number of carbonyl (C=O) groups is 1. The summed E-state index contributed by atoms with van der Waals surface area (Å²) < 4.78 is 1.94. The Kier molecular flexibility index (Phi) is 10.6. The number of fused-ring (bicyclic) bond motifs is 1. The molecule has 0 amide bonds. The number of alkyl halides is 1. The van der Waals surface area contributed by atoms with Gasteiger partial charge in [0.25, 0.3) is 0 Å². The molecule has 0 aliphatic rings. The van der Waals surface area contributed by atoms with Gasteiger partial charge in [0.2, 0.25) is 0 Å². The van der Waals surface area contributed by atoms with E-state index in [1.807, 2.05) is 28.8 Å². The molecule has 1 aromatic heterocycles. The van der Waals surface area contributed by atoms with Crippen LogP contribution in [0.25, 0.3) is 10.9 Å². The van der Waals surface area contributed by atoms with Crippen LogP contribution in [0.1, 0.15) is 90.0 Å². The molecule has 2 aromatic rings. The second kappa shape index (κ2) is 12.9. The van der Waals surface area contributed by atoms with E-state index in [9.17, 15) is 15.0 Å². The van der Waals surface area contributed by atoms with Crippen LogP contribution in [0, 0.1) is 0 Å². The molecule has 0 spiro atoms. The molecule has 1 aromatic carbocycles. The monoisotopic (exact) mass is 465 g/mol. The predicted octanol–water partition coefficient (Wildman–Crippen LogP) is 7.44. The SMILES string of the molecule is CCCCCCCCCCC(Br)CCC(CC(=O)O)n1cc(O)c2ccccc21. The molecule has 162 valence electrons. The lowest BCUT2D eigenvalue weighted by molar-refractivity contribution is -0.137. The molecule has 4 nitrogen and oxygen atoms in total. The molecule has 0 aliphatic heterocycles. The fourth-order valence-corrected chi connectivity index (χ4v) is 4.63. The van der Waals surface area contributed by atoms with E-state index in [2.05, 4.69) is 22.9 Å². The van der Waals surface area contributed by atoms with Crippen LogP contribution in [0.15, 0.2) is 30.5 Å². The summed E-state index contributed by atoms with van der Waals surface area (Å²) in [5, 5.41) is 20.4. The van der Waals surface area contributed by atoms with Gasteiger partial charge in [0.1, 0.15) is 5.75 Å². The van der Waals surface area contributed by atoms with Crippen LogP contribution in [0.5, 0.6) is 5.75 Å². The molecular formula is C24H36BrNO3. The van der Waals surface area contributed by atoms with Crippen molar-refractivity contribution in [3.05, 3.63) is 30.5 Å². The van der Waals surface area contributed by atoms with Crippen molar-refractivity contribution < 1.29 is 15.0 Å². The number of carboxylic acids is 1. The number of unbranched alkanes of at least 4 members (excludes halogenated alkanes) is 7. The van der Waals surface area contributed by atoms with E-state index in [-0.39, 0.29) is 18.2 Å². The highest BCUT2D eigenvalue weighted by Crippen LogP contribution is 2.33. The van der Waals surface area contributed by atoms with Crippen LogP contribution in [0.2, 0.25) is 0 Å². The number of nitrogens with zero attached hydrogens (tertiary/aromatic N) is 1. The lowest BCUT2D eigenvalue weighted by Crippen LogP contribution is -2.14. The third-order valence-electron chi connectivity index (χ3n) is 5.71. The summed E-state index contributed by atoms with van der Waals surface area (Å²) in [5.74, 6) is -0.591. The summed E-state index contributed by atoms with van der Waals surface area (Å²) in [6, 6.07) is 7.46. The number of aliphatic carboxylic acids is 1. The third-order valence-corrected chi connectivity index (χ3v) is 6.62. The smallest absolute Gasteiger partial charge is 0.305 e. The molecule has 0 fully saturated rings. The fourth-order valence-electron chi connectivity index (χ4n) is 4.05. The molecular weight excluding hydrogens is 430 g/mol. The third kappa shape index (κ3) is 8.04. The number of hydrogen-bond donors (Lipinski definition) is 2. The second-order valence-electron chi connectivity index (χ2n) is 8.13. The first-order chi connectivity index (χ1) is 14.0. The van der Waals surface area contributed by atoms with Crippen molar-refractivity contribution in [2.24, 2.45) is 0 Å². The first kappa shape index (κ1) is 23.8. The minimum absolute atomic E-state index is 0.0651. The van der Waals surface area contributed by atoms with E-state index in [1.165, 1.54) is 51.4 Å². The highest BCUT2D eigenvalue weighted by Gasteiger charge is 2.20. The molecule has 0 saturated carbocycles. The molecule has 2 atom stereocenters. The number of benzene rings is 1. The molecule has 0 bridgehead atoms. The number of aromatic hydroxyl groups is 1. The van der Waals surface area contributed by atoms with Gasteiger partial charge in [-0.3, -0.25) is 4.79 Å². The molecule has 0 radical (unpaired) electrons. The summed E-state index contributed by atoms with van der Waals surface area (Å²) >= 11 is 3.80. The normalized spacial score (nSPS) is 13.6. The summed E-state index contributed by atoms with van der Waals surface area (Å²) in [6.07, 6.45) is 15.1. The van der Waals surface area contributed by atoms with E-state index in [4.69, 9.17) is 0 Å². The average molecular weight is 466 g/mol. The highest BCUT2D eigenvalue weighted by atomic mass is 79.9. The summed E-state index contributed by atoms with van der Waals surface area (Å²) in [4.78, 5) is 11.8. The standard InChI is InChI=1S/C24H36BrNO3/c1-2-3-4-5-6-7-8-9-12-19(25)15-16-20(17-24(28)29)26-18-23(27)21-13-10-11-14-22(21)26/h10-11,13-14,18-20,27H,2-9,12,15-17H2,1H3,(H,28,29). The molecule has 1 heterocycles. The van der Waals surface area contributed by atoms with E-state index in [0.717, 1.165) is 30.2 Å². The van der Waals surface area contributed by atoms with Gasteiger partial charge in [0, 0.05) is 22.5 Å². The summed E-state index contributed by atoms with van der Waals surface area (Å²) in [6.45, 7) is 2.25. The topological polar surface area (TPSA) is 62.5 Å². The lowest BCUT2D eigenvalue weighted by Gasteiger charge is -2.20. The average Bonchev–Trinajstić information content (AvgIpc) is 3.04. The fraction of sp³-hybridized carbons (Fsp3) is 0.625. The number of para-hydroxylation sites is 1. The van der Waals surface area contributed by atoms with Crippen LogP contribution in [0.4, 0.5) is 0 Å². The Morgan fingerprint density at radius 3 is 2.34 bits per heavy atom. The Bertz CT molecular complexity index is 743. The minimum Gasteiger partial charge on any atom is -0.506 e. The van der Waals surface area contributed by atoms with Gasteiger partial charge in [-0.1, -0.05) is 86.4 Å². The van der Waals surface area contributed by atoms with Crippen molar-refractivity contribution in [2.45, 2.75) is 94.8 Å². The zero-order valence-electron chi connectivity index (χ0n) is 17.7. The van der Waals surface area contributed by atoms with Gasteiger partial charge in [0.05, 0.1) is 11.9 Å². The molecule has 29 heavy (non-hydrogen) atoms. The maximum atomic E-state index is 11.4. The first-order valence-corrected chi connectivity index (χ1v) is 12.1. The molecule has 5 heteroatoms. The Balaban J connectivity index is 1.81. The molecule has 2 unspecified atom stereocenters. The largest absolute Gasteiger partial charge is 0.506 e. The van der Waals surface area contributed by atoms with Crippen molar-refractivity contribution in [1.29, 1.82) is 0 Å². The molecule has 0 saturated heterocycles. The number of halogens is 1. The van der Waals surface area contributed by atoms with Crippen molar-refractivity contribution in [1.82, 2.24) is 4.57 Å². The van der Waals surface area contributed by atoms with Gasteiger partial charge < -0.3 is 14.8 Å². The van der Waals surface area contributed by atoms with Gasteiger partial charge in [-0.15, -0.1) is 0 Å². The molecule has 0 aliphatic carbocycles. The highest BCUT2D eigenvalue weighted by molar-refractivity contribution is 9.09. The Hall–Kier alpha value is -1.49. The van der Waals surface area contributed by atoms with Crippen LogP contribution >= 0.6 is 15.9 Å². The van der Waals surface area contributed by atoms with Gasteiger partial charge in [0.15, 0.2) is 0 Å². The second-order valence-corrected chi connectivity index (χ2v) is 9.42. The van der Waals surface area contributed by atoms with Gasteiger partial charge >= 0.3 is 5.97 Å². The van der Waals surface area contributed by atoms with Crippen molar-refractivity contribution in [3.63, 3.8) is 0 Å². The van der Waals surface area contributed by atoms with E-state index in [1.54, 1.807) is 6.20 Å². The minimum atomic E-state index is -0.804. The van der Waals surface area contributed by atoms with Crippen LogP contribution < -0.4 is 0 Å². The number of aromatic nitrogens is 1. The first-order valence-electron chi connectivity index (χ1n) is 11.2. The Labute approximate surface area is 183 Å². The predicted molar refractivity (Wildman–Crippen MR) is 124 cm³/mol. The van der Waals surface area contributed by atoms with Crippen molar-refractivity contribution in [3.8, 4) is 5.75 Å². The van der Waals surface area contributed by atoms with Crippen molar-refractivity contribution >= 4 is 32.8 Å². The lowest BCUT2D eigenvalue weighted by atomic mass is 10.0. The van der Waals surface area contributed by atoms with Crippen LogP contribution in [-0.4, -0.2) is 25.6 Å². The summed E-state index contributed by atoms with van der Waals surface area (Å²) in [5.41, 5.74) is 0.894.